The molecular weight excluding hydrogens is 362 g/mol. The predicted molar refractivity (Wildman–Crippen MR) is 113 cm³/mol. The number of amides is 1. The zero-order chi connectivity index (χ0) is 20.6. The van der Waals surface area contributed by atoms with Gasteiger partial charge in [0.2, 0.25) is 0 Å². The predicted octanol–water partition coefficient (Wildman–Crippen LogP) is 4.31. The third-order valence-corrected chi connectivity index (χ3v) is 5.53. The molecular formula is C25H23NO3. The second kappa shape index (κ2) is 7.30. The first kappa shape index (κ1) is 19.1. The molecule has 3 aromatic carbocycles. The fourth-order valence-electron chi connectivity index (χ4n) is 3.96. The van der Waals surface area contributed by atoms with E-state index in [4.69, 9.17) is 0 Å². The molecule has 146 valence electrons. The van der Waals surface area contributed by atoms with Crippen molar-refractivity contribution < 1.29 is 14.7 Å². The van der Waals surface area contributed by atoms with Crippen molar-refractivity contribution in [2.45, 2.75) is 32.4 Å². The van der Waals surface area contributed by atoms with E-state index in [1.54, 1.807) is 17.0 Å². The quantitative estimate of drug-likeness (QED) is 0.666. The van der Waals surface area contributed by atoms with Crippen LogP contribution in [0.1, 0.15) is 39.0 Å². The lowest BCUT2D eigenvalue weighted by atomic mass is 9.87. The average Bonchev–Trinajstić information content (AvgIpc) is 2.92. The van der Waals surface area contributed by atoms with Crippen molar-refractivity contribution in [3.05, 3.63) is 101 Å². The highest BCUT2D eigenvalue weighted by molar-refractivity contribution is 6.11. The van der Waals surface area contributed by atoms with Crippen molar-refractivity contribution in [3.63, 3.8) is 0 Å². The van der Waals surface area contributed by atoms with E-state index in [2.05, 4.69) is 0 Å². The second-order valence-electron chi connectivity index (χ2n) is 7.67. The molecule has 4 rings (SSSR count). The molecule has 0 radical (unpaired) electrons. The first-order valence-corrected chi connectivity index (χ1v) is 9.68. The van der Waals surface area contributed by atoms with Gasteiger partial charge < -0.3 is 10.0 Å². The van der Waals surface area contributed by atoms with Crippen LogP contribution >= 0.6 is 0 Å². The summed E-state index contributed by atoms with van der Waals surface area (Å²) in [5.41, 5.74) is 2.58. The first-order chi connectivity index (χ1) is 13.9. The van der Waals surface area contributed by atoms with Crippen LogP contribution in [0.4, 0.5) is 5.69 Å². The number of aryl methyl sites for hydroxylation is 2. The molecule has 1 heterocycles. The standard InChI is InChI=1S/C25H23NO3/c1-17-12-13-18(2)20(14-17)23(27)15-25(29)21-10-6-7-11-22(21)26(24(25)28)16-19-8-4-3-5-9-19/h3-14,29H,15-16H2,1-2H3/t25-/m1/s1. The average molecular weight is 385 g/mol. The molecule has 1 amide bonds. The molecule has 3 aromatic rings. The Morgan fingerprint density at radius 3 is 2.41 bits per heavy atom. The molecule has 1 aliphatic heterocycles. The highest BCUT2D eigenvalue weighted by Gasteiger charge is 2.50. The van der Waals surface area contributed by atoms with Crippen molar-refractivity contribution >= 4 is 17.4 Å². The number of nitrogens with zero attached hydrogens (tertiary/aromatic N) is 1. The number of benzene rings is 3. The number of fused-ring (bicyclic) bond motifs is 1. The van der Waals surface area contributed by atoms with E-state index in [0.717, 1.165) is 16.7 Å². The van der Waals surface area contributed by atoms with Gasteiger partial charge in [-0.05, 0) is 37.1 Å². The highest BCUT2D eigenvalue weighted by atomic mass is 16.3. The maximum Gasteiger partial charge on any atom is 0.264 e. The maximum absolute atomic E-state index is 13.3. The third-order valence-electron chi connectivity index (χ3n) is 5.53. The van der Waals surface area contributed by atoms with E-state index in [1.165, 1.54) is 0 Å². The van der Waals surface area contributed by atoms with Crippen molar-refractivity contribution in [2.24, 2.45) is 0 Å². The summed E-state index contributed by atoms with van der Waals surface area (Å²) in [5.74, 6) is -0.695. The summed E-state index contributed by atoms with van der Waals surface area (Å²) >= 11 is 0. The van der Waals surface area contributed by atoms with Crippen LogP contribution in [0.5, 0.6) is 0 Å². The lowest BCUT2D eigenvalue weighted by Crippen LogP contribution is -2.41. The molecule has 0 saturated carbocycles. The molecule has 0 saturated heterocycles. The van der Waals surface area contributed by atoms with E-state index >= 15 is 0 Å². The van der Waals surface area contributed by atoms with Gasteiger partial charge in [-0.1, -0.05) is 66.2 Å². The van der Waals surface area contributed by atoms with Crippen LogP contribution in [0.15, 0.2) is 72.8 Å². The largest absolute Gasteiger partial charge is 0.375 e. The summed E-state index contributed by atoms with van der Waals surface area (Å²) in [4.78, 5) is 28.0. The Morgan fingerprint density at radius 2 is 1.66 bits per heavy atom. The number of ketones is 1. The minimum Gasteiger partial charge on any atom is -0.375 e. The molecule has 4 heteroatoms. The van der Waals surface area contributed by atoms with Gasteiger partial charge in [-0.15, -0.1) is 0 Å². The van der Waals surface area contributed by atoms with Gasteiger partial charge in [-0.3, -0.25) is 9.59 Å². The minimum atomic E-state index is -1.86. The van der Waals surface area contributed by atoms with Gasteiger partial charge in [0.15, 0.2) is 11.4 Å². The zero-order valence-corrected chi connectivity index (χ0v) is 16.6. The van der Waals surface area contributed by atoms with E-state index in [-0.39, 0.29) is 12.2 Å². The van der Waals surface area contributed by atoms with Crippen molar-refractivity contribution in [1.29, 1.82) is 0 Å². The van der Waals surface area contributed by atoms with Gasteiger partial charge in [0.1, 0.15) is 0 Å². The molecule has 0 spiro atoms. The Balaban J connectivity index is 1.70. The molecule has 1 N–H and O–H groups in total. The van der Waals surface area contributed by atoms with Crippen LogP contribution in [0, 0.1) is 13.8 Å². The molecule has 4 nitrogen and oxygen atoms in total. The van der Waals surface area contributed by atoms with Crippen LogP contribution in [0.3, 0.4) is 0 Å². The summed E-state index contributed by atoms with van der Waals surface area (Å²) in [6, 6.07) is 22.4. The van der Waals surface area contributed by atoms with Crippen LogP contribution < -0.4 is 4.90 Å². The molecule has 0 bridgehead atoms. The molecule has 29 heavy (non-hydrogen) atoms. The van der Waals surface area contributed by atoms with Crippen LogP contribution in [0.25, 0.3) is 0 Å². The number of carbonyl (C=O) groups is 2. The lowest BCUT2D eigenvalue weighted by molar-refractivity contribution is -0.136. The van der Waals surface area contributed by atoms with Crippen molar-refractivity contribution in [1.82, 2.24) is 0 Å². The minimum absolute atomic E-state index is 0.238. The van der Waals surface area contributed by atoms with Crippen LogP contribution in [-0.4, -0.2) is 16.8 Å². The van der Waals surface area contributed by atoms with Gasteiger partial charge in [0, 0.05) is 11.1 Å². The SMILES string of the molecule is Cc1ccc(C)c(C(=O)C[C@]2(O)C(=O)N(Cc3ccccc3)c3ccccc32)c1. The van der Waals surface area contributed by atoms with Gasteiger partial charge in [-0.25, -0.2) is 0 Å². The number of carbonyl (C=O) groups excluding carboxylic acids is 2. The molecule has 1 atom stereocenters. The van der Waals surface area contributed by atoms with Gasteiger partial charge >= 0.3 is 0 Å². The summed E-state index contributed by atoms with van der Waals surface area (Å²) in [6.07, 6.45) is -0.279. The summed E-state index contributed by atoms with van der Waals surface area (Å²) in [7, 11) is 0. The fourth-order valence-corrected chi connectivity index (χ4v) is 3.96. The number of hydrogen-bond donors (Lipinski definition) is 1. The Morgan fingerprint density at radius 1 is 0.966 bits per heavy atom. The third kappa shape index (κ3) is 3.36. The normalized spacial score (nSPS) is 18.0. The van der Waals surface area contributed by atoms with Crippen molar-refractivity contribution in [2.75, 3.05) is 4.90 Å². The topological polar surface area (TPSA) is 57.6 Å². The van der Waals surface area contributed by atoms with E-state index in [9.17, 15) is 14.7 Å². The molecule has 0 aliphatic carbocycles. The molecule has 0 fully saturated rings. The summed E-state index contributed by atoms with van der Waals surface area (Å²) in [6.45, 7) is 4.13. The first-order valence-electron chi connectivity index (χ1n) is 9.68. The Kier molecular flexibility index (Phi) is 4.81. The lowest BCUT2D eigenvalue weighted by Gasteiger charge is -2.23. The van der Waals surface area contributed by atoms with E-state index < -0.39 is 11.5 Å². The summed E-state index contributed by atoms with van der Waals surface area (Å²) < 4.78 is 0. The molecule has 0 aromatic heterocycles. The van der Waals surface area contributed by atoms with E-state index in [1.807, 2.05) is 74.5 Å². The smallest absolute Gasteiger partial charge is 0.264 e. The number of para-hydroxylation sites is 1. The highest BCUT2D eigenvalue weighted by Crippen LogP contribution is 2.43. The fraction of sp³-hybridized carbons (Fsp3) is 0.200. The maximum atomic E-state index is 13.3. The van der Waals surface area contributed by atoms with Crippen molar-refractivity contribution in [3.8, 4) is 0 Å². The molecule has 1 aliphatic rings. The Bertz CT molecular complexity index is 1090. The Hall–Kier alpha value is -3.24. The number of anilines is 1. The van der Waals surface area contributed by atoms with Crippen LogP contribution in [0.2, 0.25) is 0 Å². The Labute approximate surface area is 170 Å². The summed E-state index contributed by atoms with van der Waals surface area (Å²) in [5, 5.41) is 11.4. The number of aliphatic hydroxyl groups is 1. The number of rotatable bonds is 5. The number of Topliss-reactive ketones (excluding diaryl/α,β-unsaturated/α-hetero) is 1. The van der Waals surface area contributed by atoms with E-state index in [0.29, 0.717) is 23.4 Å². The van der Waals surface area contributed by atoms with Gasteiger partial charge in [-0.2, -0.15) is 0 Å². The van der Waals surface area contributed by atoms with Gasteiger partial charge in [0.25, 0.3) is 5.91 Å². The monoisotopic (exact) mass is 385 g/mol. The number of hydrogen-bond acceptors (Lipinski definition) is 3. The van der Waals surface area contributed by atoms with Crippen LogP contribution in [-0.2, 0) is 16.9 Å². The molecule has 0 unspecified atom stereocenters. The van der Waals surface area contributed by atoms with Gasteiger partial charge in [0.05, 0.1) is 18.7 Å². The second-order valence-corrected chi connectivity index (χ2v) is 7.67. The zero-order valence-electron chi connectivity index (χ0n) is 16.6.